The van der Waals surface area contributed by atoms with Gasteiger partial charge in [-0.3, -0.25) is 0 Å². The van der Waals surface area contributed by atoms with Crippen LogP contribution < -0.4 is 5.32 Å². The summed E-state index contributed by atoms with van der Waals surface area (Å²) in [5, 5.41) is 14.2. The average molecular weight is 321 g/mol. The van der Waals surface area contributed by atoms with E-state index in [1.54, 1.807) is 11.3 Å². The molecule has 92 valence electrons. The van der Waals surface area contributed by atoms with Gasteiger partial charge in [0.15, 0.2) is 0 Å². The van der Waals surface area contributed by atoms with Crippen molar-refractivity contribution in [1.82, 2.24) is 0 Å². The molecule has 2 aromatic rings. The summed E-state index contributed by atoms with van der Waals surface area (Å²) in [4.78, 5) is 1.29. The molecule has 0 fully saturated rings. The van der Waals surface area contributed by atoms with Crippen LogP contribution in [0.25, 0.3) is 0 Å². The van der Waals surface area contributed by atoms with Crippen molar-refractivity contribution in [3.05, 3.63) is 50.6 Å². The van der Waals surface area contributed by atoms with Gasteiger partial charge in [0.1, 0.15) is 0 Å². The van der Waals surface area contributed by atoms with Crippen LogP contribution in [0.5, 0.6) is 0 Å². The molecule has 1 atom stereocenters. The zero-order valence-corrected chi connectivity index (χ0v) is 12.4. The molecule has 1 heterocycles. The summed E-state index contributed by atoms with van der Waals surface area (Å²) < 4.78 is 1.13. The van der Waals surface area contributed by atoms with E-state index >= 15 is 0 Å². The largest absolute Gasteiger partial charge is 0.378 e. The van der Waals surface area contributed by atoms with E-state index in [9.17, 15) is 0 Å². The second-order valence-electron chi connectivity index (χ2n) is 4.07. The highest BCUT2D eigenvalue weighted by atomic mass is 79.9. The van der Waals surface area contributed by atoms with Crippen LogP contribution in [0.1, 0.15) is 23.4 Å². The van der Waals surface area contributed by atoms with E-state index in [4.69, 9.17) is 5.26 Å². The maximum atomic E-state index is 8.62. The minimum Gasteiger partial charge on any atom is -0.378 e. The van der Waals surface area contributed by atoms with Gasteiger partial charge < -0.3 is 5.32 Å². The van der Waals surface area contributed by atoms with Crippen molar-refractivity contribution in [1.29, 1.82) is 5.26 Å². The summed E-state index contributed by atoms with van der Waals surface area (Å²) in [6.45, 7) is 2.14. The van der Waals surface area contributed by atoms with Crippen molar-refractivity contribution >= 4 is 33.0 Å². The highest BCUT2D eigenvalue weighted by Crippen LogP contribution is 2.27. The summed E-state index contributed by atoms with van der Waals surface area (Å²) in [6, 6.07) is 12.6. The summed E-state index contributed by atoms with van der Waals surface area (Å²) in [7, 11) is 0. The fourth-order valence-corrected chi connectivity index (χ4v) is 3.14. The van der Waals surface area contributed by atoms with Gasteiger partial charge >= 0.3 is 0 Å². The Labute approximate surface area is 119 Å². The van der Waals surface area contributed by atoms with Crippen molar-refractivity contribution in [3.63, 3.8) is 0 Å². The molecular formula is C14H13BrN2S. The topological polar surface area (TPSA) is 35.8 Å². The lowest BCUT2D eigenvalue weighted by molar-refractivity contribution is 0.907. The first kappa shape index (κ1) is 13.1. The third-order valence-corrected chi connectivity index (χ3v) is 4.51. The fraction of sp³-hybridized carbons (Fsp3) is 0.214. The lowest BCUT2D eigenvalue weighted by atomic mass is 10.1. The molecule has 2 nitrogen and oxygen atoms in total. The van der Waals surface area contributed by atoms with Crippen LogP contribution in [0, 0.1) is 11.3 Å². The number of anilines is 1. The third-order valence-electron chi connectivity index (χ3n) is 2.63. The van der Waals surface area contributed by atoms with Crippen molar-refractivity contribution < 1.29 is 0 Å². The summed E-state index contributed by atoms with van der Waals surface area (Å²) in [5.74, 6) is 0. The zero-order valence-electron chi connectivity index (χ0n) is 9.98. The first-order chi connectivity index (χ1) is 8.69. The Hall–Kier alpha value is -1.31. The van der Waals surface area contributed by atoms with Gasteiger partial charge in [-0.25, -0.2) is 0 Å². The molecule has 0 aliphatic carbocycles. The first-order valence-corrected chi connectivity index (χ1v) is 7.32. The third kappa shape index (κ3) is 3.34. The summed E-state index contributed by atoms with van der Waals surface area (Å²) >= 11 is 5.20. The standard InChI is InChI=1S/C14H13BrN2S/c1-10(14-8-12(15)9-18-14)17-13-4-2-11(3-5-13)6-7-16/h2-5,8-10,17H,6H2,1H3. The normalized spacial score (nSPS) is 11.8. The predicted molar refractivity (Wildman–Crippen MR) is 79.8 cm³/mol. The number of rotatable bonds is 4. The summed E-state index contributed by atoms with van der Waals surface area (Å²) in [6.07, 6.45) is 0.466. The van der Waals surface area contributed by atoms with E-state index in [-0.39, 0.29) is 6.04 Å². The number of nitrogens with zero attached hydrogens (tertiary/aromatic N) is 1. The van der Waals surface area contributed by atoms with Gasteiger partial charge in [-0.05, 0) is 46.6 Å². The van der Waals surface area contributed by atoms with Crippen molar-refractivity contribution in [2.75, 3.05) is 5.32 Å². The predicted octanol–water partition coefficient (Wildman–Crippen LogP) is 4.75. The number of nitriles is 1. The lowest BCUT2D eigenvalue weighted by Gasteiger charge is -2.13. The molecule has 0 bridgehead atoms. The van der Waals surface area contributed by atoms with E-state index in [1.807, 2.05) is 24.3 Å². The van der Waals surface area contributed by atoms with Gasteiger partial charge in [-0.2, -0.15) is 5.26 Å². The van der Waals surface area contributed by atoms with E-state index in [0.717, 1.165) is 15.7 Å². The fourth-order valence-electron chi connectivity index (χ4n) is 1.69. The monoisotopic (exact) mass is 320 g/mol. The van der Waals surface area contributed by atoms with E-state index in [1.165, 1.54) is 4.88 Å². The van der Waals surface area contributed by atoms with Crippen LogP contribution in [0.4, 0.5) is 5.69 Å². The molecule has 0 amide bonds. The molecule has 0 aliphatic heterocycles. The van der Waals surface area contributed by atoms with Crippen LogP contribution in [0.2, 0.25) is 0 Å². The number of benzene rings is 1. The maximum Gasteiger partial charge on any atom is 0.0669 e. The van der Waals surface area contributed by atoms with Gasteiger partial charge in [-0.1, -0.05) is 12.1 Å². The number of thiophene rings is 1. The van der Waals surface area contributed by atoms with Gasteiger partial charge in [0, 0.05) is 20.4 Å². The van der Waals surface area contributed by atoms with E-state index in [0.29, 0.717) is 6.42 Å². The van der Waals surface area contributed by atoms with Crippen molar-refractivity contribution in [2.24, 2.45) is 0 Å². The molecule has 0 saturated carbocycles. The first-order valence-electron chi connectivity index (χ1n) is 5.65. The highest BCUT2D eigenvalue weighted by Gasteiger charge is 2.07. The Bertz CT molecular complexity index is 554. The maximum absolute atomic E-state index is 8.62. The lowest BCUT2D eigenvalue weighted by Crippen LogP contribution is -2.04. The SMILES string of the molecule is CC(Nc1ccc(CC#N)cc1)c1cc(Br)cs1. The Balaban J connectivity index is 2.03. The number of hydrogen-bond donors (Lipinski definition) is 1. The minimum atomic E-state index is 0.281. The highest BCUT2D eigenvalue weighted by molar-refractivity contribution is 9.10. The van der Waals surface area contributed by atoms with Crippen LogP contribution >= 0.6 is 27.3 Å². The molecular weight excluding hydrogens is 308 g/mol. The quantitative estimate of drug-likeness (QED) is 0.882. The number of nitrogens with one attached hydrogen (secondary N) is 1. The molecule has 0 radical (unpaired) electrons. The van der Waals surface area contributed by atoms with Crippen LogP contribution in [0.3, 0.4) is 0 Å². The number of halogens is 1. The Morgan fingerprint density at radius 3 is 2.67 bits per heavy atom. The zero-order chi connectivity index (χ0) is 13.0. The minimum absolute atomic E-state index is 0.281. The van der Waals surface area contributed by atoms with E-state index < -0.39 is 0 Å². The average Bonchev–Trinajstić information content (AvgIpc) is 2.79. The van der Waals surface area contributed by atoms with Crippen molar-refractivity contribution in [2.45, 2.75) is 19.4 Å². The molecule has 1 unspecified atom stereocenters. The van der Waals surface area contributed by atoms with Crippen LogP contribution in [0.15, 0.2) is 40.2 Å². The van der Waals surface area contributed by atoms with Gasteiger partial charge in [-0.15, -0.1) is 11.3 Å². The van der Waals surface area contributed by atoms with Crippen LogP contribution in [-0.2, 0) is 6.42 Å². The second-order valence-corrected chi connectivity index (χ2v) is 5.92. The molecule has 0 aliphatic rings. The molecule has 1 aromatic heterocycles. The number of hydrogen-bond acceptors (Lipinski definition) is 3. The van der Waals surface area contributed by atoms with Crippen molar-refractivity contribution in [3.8, 4) is 6.07 Å². The second kappa shape index (κ2) is 6.03. The van der Waals surface area contributed by atoms with Gasteiger partial charge in [0.25, 0.3) is 0 Å². The van der Waals surface area contributed by atoms with E-state index in [2.05, 4.69) is 45.7 Å². The molecule has 1 aromatic carbocycles. The summed E-state index contributed by atoms with van der Waals surface area (Å²) in [5.41, 5.74) is 2.13. The molecule has 18 heavy (non-hydrogen) atoms. The Morgan fingerprint density at radius 2 is 2.11 bits per heavy atom. The molecule has 4 heteroatoms. The Kier molecular flexibility index (Phi) is 4.40. The molecule has 0 saturated heterocycles. The Morgan fingerprint density at radius 1 is 1.39 bits per heavy atom. The molecule has 2 rings (SSSR count). The van der Waals surface area contributed by atoms with Gasteiger partial charge in [0.05, 0.1) is 18.5 Å². The molecule has 1 N–H and O–H groups in total. The molecule has 0 spiro atoms. The smallest absolute Gasteiger partial charge is 0.0669 e. The van der Waals surface area contributed by atoms with Gasteiger partial charge in [0.2, 0.25) is 0 Å². The van der Waals surface area contributed by atoms with Crippen LogP contribution in [-0.4, -0.2) is 0 Å².